The number of nitrogens with one attached hydrogen (secondary N) is 2. The summed E-state index contributed by atoms with van der Waals surface area (Å²) in [6.07, 6.45) is 3.57. The van der Waals surface area contributed by atoms with Gasteiger partial charge >= 0.3 is 0 Å². The molecule has 198 valence electrons. The Bertz CT molecular complexity index is 1650. The fourth-order valence-corrected chi connectivity index (χ4v) is 5.24. The normalized spacial score (nSPS) is 14.4. The number of amides is 1. The molecule has 0 bridgehead atoms. The van der Waals surface area contributed by atoms with Gasteiger partial charge in [0.25, 0.3) is 0 Å². The van der Waals surface area contributed by atoms with Gasteiger partial charge in [-0.25, -0.2) is 4.39 Å². The zero-order chi connectivity index (χ0) is 26.9. The number of halogens is 1. The van der Waals surface area contributed by atoms with Gasteiger partial charge in [0.1, 0.15) is 5.82 Å². The Morgan fingerprint density at radius 1 is 1.03 bits per heavy atom. The topological polar surface area (TPSA) is 77.2 Å². The van der Waals surface area contributed by atoms with E-state index < -0.39 is 0 Å². The van der Waals surface area contributed by atoms with Gasteiger partial charge < -0.3 is 10.2 Å². The molecule has 8 heteroatoms. The van der Waals surface area contributed by atoms with Crippen molar-refractivity contribution in [3.8, 4) is 11.1 Å². The number of hydrogen-bond acceptors (Lipinski definition) is 5. The number of carbonyl (C=O) groups excluding carboxylic acids is 1. The van der Waals surface area contributed by atoms with Crippen molar-refractivity contribution in [1.29, 1.82) is 0 Å². The molecule has 0 atom stereocenters. The van der Waals surface area contributed by atoms with E-state index in [9.17, 15) is 4.79 Å². The van der Waals surface area contributed by atoms with Crippen molar-refractivity contribution in [2.45, 2.75) is 20.4 Å². The third-order valence-corrected chi connectivity index (χ3v) is 7.39. The van der Waals surface area contributed by atoms with Crippen LogP contribution in [0, 0.1) is 11.7 Å². The maximum Gasteiger partial charge on any atom is 0.225 e. The maximum absolute atomic E-state index is 15.4. The van der Waals surface area contributed by atoms with Crippen LogP contribution in [-0.2, 0) is 11.3 Å². The number of H-pyrrole nitrogens is 1. The van der Waals surface area contributed by atoms with Crippen molar-refractivity contribution in [2.24, 2.45) is 5.92 Å². The third-order valence-electron chi connectivity index (χ3n) is 7.39. The van der Waals surface area contributed by atoms with Crippen LogP contribution in [0.2, 0.25) is 0 Å². The molecule has 0 aliphatic carbocycles. The molecule has 7 nitrogen and oxygen atoms in total. The zero-order valence-corrected chi connectivity index (χ0v) is 22.1. The van der Waals surface area contributed by atoms with Crippen LogP contribution in [0.4, 0.5) is 15.8 Å². The fraction of sp³-hybridized carbons (Fsp3) is 0.258. The molecule has 0 saturated carbocycles. The van der Waals surface area contributed by atoms with E-state index in [2.05, 4.69) is 25.4 Å². The smallest absolute Gasteiger partial charge is 0.225 e. The number of anilines is 2. The summed E-state index contributed by atoms with van der Waals surface area (Å²) < 4.78 is 15.4. The lowest BCUT2D eigenvalue weighted by Gasteiger charge is -2.35. The first-order valence-corrected chi connectivity index (χ1v) is 13.3. The minimum atomic E-state index is -0.246. The molecule has 0 unspecified atom stereocenters. The Hall–Kier alpha value is -4.30. The number of carbonyl (C=O) groups is 1. The van der Waals surface area contributed by atoms with Gasteiger partial charge in [0.15, 0.2) is 0 Å². The van der Waals surface area contributed by atoms with E-state index in [1.807, 2.05) is 73.3 Å². The summed E-state index contributed by atoms with van der Waals surface area (Å²) in [7, 11) is 0. The SMILES string of the molecule is CC(C)C(=O)N1CCN(Cc2ccc(-c3ccc4nccc(Nc5ccc6[nH]ncc6c5)c4c3)c(F)c2)CC1. The van der Waals surface area contributed by atoms with E-state index in [4.69, 9.17) is 0 Å². The largest absolute Gasteiger partial charge is 0.355 e. The van der Waals surface area contributed by atoms with Crippen molar-refractivity contribution >= 4 is 39.1 Å². The number of fused-ring (bicyclic) bond motifs is 2. The van der Waals surface area contributed by atoms with E-state index in [0.29, 0.717) is 12.1 Å². The fourth-order valence-electron chi connectivity index (χ4n) is 5.24. The molecular weight excluding hydrogens is 491 g/mol. The molecular formula is C31H31FN6O. The zero-order valence-electron chi connectivity index (χ0n) is 22.1. The highest BCUT2D eigenvalue weighted by Crippen LogP contribution is 2.32. The molecule has 0 radical (unpaired) electrons. The summed E-state index contributed by atoms with van der Waals surface area (Å²) in [5.74, 6) is -0.0280. The second-order valence-corrected chi connectivity index (χ2v) is 10.5. The Morgan fingerprint density at radius 3 is 2.67 bits per heavy atom. The first-order valence-electron chi connectivity index (χ1n) is 13.3. The highest BCUT2D eigenvalue weighted by atomic mass is 19.1. The molecule has 0 spiro atoms. The number of nitrogens with zero attached hydrogens (tertiary/aromatic N) is 4. The van der Waals surface area contributed by atoms with Gasteiger partial charge in [-0.1, -0.05) is 32.0 Å². The summed E-state index contributed by atoms with van der Waals surface area (Å²) in [5.41, 5.74) is 5.93. The van der Waals surface area contributed by atoms with Gasteiger partial charge in [-0.2, -0.15) is 5.10 Å². The maximum atomic E-state index is 15.4. The molecule has 1 aliphatic heterocycles. The lowest BCUT2D eigenvalue weighted by molar-refractivity contribution is -0.136. The molecule has 3 aromatic carbocycles. The Kier molecular flexibility index (Phi) is 6.70. The van der Waals surface area contributed by atoms with Crippen LogP contribution in [0.25, 0.3) is 32.9 Å². The van der Waals surface area contributed by atoms with Crippen LogP contribution >= 0.6 is 0 Å². The average Bonchev–Trinajstić information content (AvgIpc) is 3.41. The number of aromatic nitrogens is 3. The first-order chi connectivity index (χ1) is 18.9. The summed E-state index contributed by atoms with van der Waals surface area (Å²) in [6.45, 7) is 7.56. The summed E-state index contributed by atoms with van der Waals surface area (Å²) in [6, 6.07) is 19.3. The summed E-state index contributed by atoms with van der Waals surface area (Å²) in [5, 5.41) is 12.5. The van der Waals surface area contributed by atoms with Crippen LogP contribution in [0.15, 0.2) is 73.1 Å². The monoisotopic (exact) mass is 522 g/mol. The number of piperazine rings is 1. The minimum Gasteiger partial charge on any atom is -0.355 e. The third kappa shape index (κ3) is 5.20. The van der Waals surface area contributed by atoms with Crippen molar-refractivity contribution < 1.29 is 9.18 Å². The number of pyridine rings is 1. The van der Waals surface area contributed by atoms with Gasteiger partial charge in [0, 0.05) is 72.5 Å². The van der Waals surface area contributed by atoms with Crippen molar-refractivity contribution in [3.05, 3.63) is 84.4 Å². The molecule has 3 heterocycles. The van der Waals surface area contributed by atoms with Crippen molar-refractivity contribution in [1.82, 2.24) is 25.0 Å². The summed E-state index contributed by atoms with van der Waals surface area (Å²) in [4.78, 5) is 21.0. The number of aromatic amines is 1. The first kappa shape index (κ1) is 25.0. The predicted molar refractivity (Wildman–Crippen MR) is 153 cm³/mol. The Balaban J connectivity index is 1.20. The van der Waals surface area contributed by atoms with Crippen molar-refractivity contribution in [2.75, 3.05) is 31.5 Å². The molecule has 5 aromatic rings. The molecule has 1 fully saturated rings. The van der Waals surface area contributed by atoms with Gasteiger partial charge in [0.05, 0.1) is 17.2 Å². The number of hydrogen-bond donors (Lipinski definition) is 2. The van der Waals surface area contributed by atoms with Gasteiger partial charge in [0.2, 0.25) is 5.91 Å². The minimum absolute atomic E-state index is 0.0161. The van der Waals surface area contributed by atoms with Gasteiger partial charge in [-0.3, -0.25) is 19.8 Å². The van der Waals surface area contributed by atoms with Gasteiger partial charge in [-0.15, -0.1) is 0 Å². The molecule has 1 amide bonds. The second-order valence-electron chi connectivity index (χ2n) is 10.5. The van der Waals surface area contributed by atoms with Crippen molar-refractivity contribution in [3.63, 3.8) is 0 Å². The molecule has 39 heavy (non-hydrogen) atoms. The van der Waals surface area contributed by atoms with E-state index in [-0.39, 0.29) is 17.6 Å². The highest BCUT2D eigenvalue weighted by Gasteiger charge is 2.23. The van der Waals surface area contributed by atoms with Crippen LogP contribution in [-0.4, -0.2) is 57.1 Å². The van der Waals surface area contributed by atoms with Crippen LogP contribution < -0.4 is 5.32 Å². The molecule has 1 saturated heterocycles. The van der Waals surface area contributed by atoms with E-state index in [0.717, 1.165) is 70.5 Å². The lowest BCUT2D eigenvalue weighted by Crippen LogP contribution is -2.49. The highest BCUT2D eigenvalue weighted by molar-refractivity contribution is 5.96. The standard InChI is InChI=1S/C31H31FN6O/c1-20(2)31(39)38-13-11-37(12-14-38)19-21-3-6-25(27(32)15-21)22-4-7-29-26(17-22)30(9-10-33-29)35-24-5-8-28-23(16-24)18-34-36-28/h3-10,15-18,20H,11-14,19H2,1-2H3,(H,33,35)(H,34,36). The predicted octanol–water partition coefficient (Wildman–Crippen LogP) is 5.96. The Morgan fingerprint density at radius 2 is 1.87 bits per heavy atom. The second kappa shape index (κ2) is 10.5. The van der Waals surface area contributed by atoms with E-state index in [1.165, 1.54) is 0 Å². The molecule has 1 aliphatic rings. The average molecular weight is 523 g/mol. The quantitative estimate of drug-likeness (QED) is 0.288. The Labute approximate surface area is 226 Å². The lowest BCUT2D eigenvalue weighted by atomic mass is 10.00. The summed E-state index contributed by atoms with van der Waals surface area (Å²) >= 11 is 0. The van der Waals surface area contributed by atoms with Gasteiger partial charge in [-0.05, 0) is 53.6 Å². The van der Waals surface area contributed by atoms with E-state index in [1.54, 1.807) is 18.5 Å². The number of benzene rings is 3. The van der Waals surface area contributed by atoms with Crippen LogP contribution in [0.5, 0.6) is 0 Å². The van der Waals surface area contributed by atoms with Crippen LogP contribution in [0.3, 0.4) is 0 Å². The molecule has 6 rings (SSSR count). The molecule has 2 aromatic heterocycles. The van der Waals surface area contributed by atoms with E-state index >= 15 is 4.39 Å². The molecule has 2 N–H and O–H groups in total. The number of rotatable bonds is 6. The van der Waals surface area contributed by atoms with Crippen LogP contribution in [0.1, 0.15) is 19.4 Å².